The zero-order chi connectivity index (χ0) is 24.7. The second-order valence-corrected chi connectivity index (χ2v) is 10.4. The van der Waals surface area contributed by atoms with Crippen LogP contribution in [-0.2, 0) is 24.3 Å². The minimum Gasteiger partial charge on any atom is -0.379 e. The average Bonchev–Trinajstić information content (AvgIpc) is 2.89. The molecule has 9 nitrogen and oxygen atoms in total. The van der Waals surface area contributed by atoms with Gasteiger partial charge < -0.3 is 19.7 Å². The Kier molecular flexibility index (Phi) is 8.47. The van der Waals surface area contributed by atoms with Crippen molar-refractivity contribution in [2.45, 2.75) is 4.90 Å². The quantitative estimate of drug-likeness (QED) is 0.445. The number of nitrogens with zero attached hydrogens (tertiary/aromatic N) is 2. The highest BCUT2D eigenvalue weighted by molar-refractivity contribution is 7.89. The molecule has 4 rings (SSSR count). The molecule has 1 amide bonds. The molecule has 0 unspecified atom stereocenters. The predicted octanol–water partition coefficient (Wildman–Crippen LogP) is 2.07. The van der Waals surface area contributed by atoms with Gasteiger partial charge in [0.15, 0.2) is 5.11 Å². The van der Waals surface area contributed by atoms with Crippen molar-refractivity contribution in [2.24, 2.45) is 0 Å². The molecule has 0 saturated carbocycles. The molecule has 35 heavy (non-hydrogen) atoms. The average molecular weight is 517 g/mol. The number of rotatable bonds is 6. The molecule has 0 atom stereocenters. The monoisotopic (exact) mass is 516 g/mol. The van der Waals surface area contributed by atoms with Gasteiger partial charge in [-0.25, -0.2) is 8.42 Å². The minimum absolute atomic E-state index is 0.186. The highest BCUT2D eigenvalue weighted by Crippen LogP contribution is 2.20. The molecule has 2 aliphatic heterocycles. The molecule has 2 saturated heterocycles. The summed E-state index contributed by atoms with van der Waals surface area (Å²) in [7, 11) is -3.55. The molecular formula is C24H28N4O5S2. The highest BCUT2D eigenvalue weighted by atomic mass is 32.2. The molecule has 0 aliphatic carbocycles. The third kappa shape index (κ3) is 6.86. The maximum Gasteiger partial charge on any atom is 0.250 e. The lowest BCUT2D eigenvalue weighted by Crippen LogP contribution is -2.40. The fraction of sp³-hybridized carbons (Fsp3) is 0.333. The van der Waals surface area contributed by atoms with Gasteiger partial charge in [0.2, 0.25) is 15.9 Å². The van der Waals surface area contributed by atoms with Crippen LogP contribution in [0.1, 0.15) is 5.56 Å². The number of benzene rings is 2. The summed E-state index contributed by atoms with van der Waals surface area (Å²) in [5.74, 6) is -0.391. The van der Waals surface area contributed by atoms with Gasteiger partial charge in [-0.3, -0.25) is 10.1 Å². The van der Waals surface area contributed by atoms with Crippen LogP contribution in [0.3, 0.4) is 0 Å². The van der Waals surface area contributed by atoms with Crippen LogP contribution in [0.4, 0.5) is 11.4 Å². The number of carbonyl (C=O) groups is 1. The van der Waals surface area contributed by atoms with Crippen molar-refractivity contribution in [3.63, 3.8) is 0 Å². The van der Waals surface area contributed by atoms with Gasteiger partial charge in [0.1, 0.15) is 0 Å². The first-order valence-electron chi connectivity index (χ1n) is 11.3. The van der Waals surface area contributed by atoms with Gasteiger partial charge in [0, 0.05) is 43.6 Å². The third-order valence-electron chi connectivity index (χ3n) is 5.65. The van der Waals surface area contributed by atoms with E-state index in [1.165, 1.54) is 22.5 Å². The molecule has 0 bridgehead atoms. The van der Waals surface area contributed by atoms with Crippen molar-refractivity contribution in [2.75, 3.05) is 62.8 Å². The van der Waals surface area contributed by atoms with Crippen LogP contribution >= 0.6 is 12.2 Å². The first kappa shape index (κ1) is 25.3. The van der Waals surface area contributed by atoms with E-state index in [0.29, 0.717) is 31.9 Å². The predicted molar refractivity (Wildman–Crippen MR) is 139 cm³/mol. The molecule has 11 heteroatoms. The van der Waals surface area contributed by atoms with Gasteiger partial charge in [-0.1, -0.05) is 12.1 Å². The number of thiocarbonyl (C=S) groups is 1. The van der Waals surface area contributed by atoms with E-state index >= 15 is 0 Å². The van der Waals surface area contributed by atoms with Crippen LogP contribution in [0.2, 0.25) is 0 Å². The Bertz CT molecular complexity index is 1160. The Morgan fingerprint density at radius 1 is 0.886 bits per heavy atom. The van der Waals surface area contributed by atoms with Crippen molar-refractivity contribution in [1.82, 2.24) is 9.62 Å². The fourth-order valence-electron chi connectivity index (χ4n) is 3.75. The van der Waals surface area contributed by atoms with Crippen molar-refractivity contribution >= 4 is 50.7 Å². The topological polar surface area (TPSA) is 100 Å². The number of ether oxygens (including phenoxy) is 2. The van der Waals surface area contributed by atoms with E-state index in [2.05, 4.69) is 15.5 Å². The minimum atomic E-state index is -3.55. The normalized spacial score (nSPS) is 17.3. The van der Waals surface area contributed by atoms with Crippen molar-refractivity contribution in [1.29, 1.82) is 0 Å². The van der Waals surface area contributed by atoms with Crippen LogP contribution < -0.4 is 15.5 Å². The van der Waals surface area contributed by atoms with Crippen LogP contribution in [0.5, 0.6) is 0 Å². The SMILES string of the molecule is O=C(/C=C/c1ccc(S(=O)(=O)N2CCOCC2)cc1)NC(=S)Nc1ccc(N2CCOCC2)cc1. The number of anilines is 2. The summed E-state index contributed by atoms with van der Waals surface area (Å²) in [5.41, 5.74) is 2.58. The van der Waals surface area contributed by atoms with Gasteiger partial charge in [0.25, 0.3) is 0 Å². The summed E-state index contributed by atoms with van der Waals surface area (Å²) in [6.45, 7) is 4.64. The molecule has 2 aromatic rings. The lowest BCUT2D eigenvalue weighted by molar-refractivity contribution is -0.115. The maximum absolute atomic E-state index is 12.7. The number of morpholine rings is 2. The first-order chi connectivity index (χ1) is 16.9. The van der Waals surface area contributed by atoms with E-state index in [1.54, 1.807) is 18.2 Å². The second-order valence-electron chi connectivity index (χ2n) is 8.01. The molecule has 2 fully saturated rings. The number of carbonyl (C=O) groups excluding carboxylic acids is 1. The summed E-state index contributed by atoms with van der Waals surface area (Å²) in [5, 5.41) is 5.79. The highest BCUT2D eigenvalue weighted by Gasteiger charge is 2.26. The number of sulfonamides is 1. The summed E-state index contributed by atoms with van der Waals surface area (Å²) >= 11 is 5.24. The third-order valence-corrected chi connectivity index (χ3v) is 7.77. The van der Waals surface area contributed by atoms with Crippen molar-refractivity contribution in [3.05, 3.63) is 60.2 Å². The standard InChI is InChI=1S/C24H28N4O5S2/c29-23(26-24(34)25-20-4-6-21(7-5-20)27-11-15-32-16-12-27)10-3-19-1-8-22(9-2-19)35(30,31)28-13-17-33-18-14-28/h1-10H,11-18H2,(H2,25,26,29,34)/b10-3+. The van der Waals surface area contributed by atoms with E-state index < -0.39 is 15.9 Å². The fourth-order valence-corrected chi connectivity index (χ4v) is 5.38. The lowest BCUT2D eigenvalue weighted by Gasteiger charge is -2.28. The number of hydrogen-bond donors (Lipinski definition) is 2. The molecule has 2 heterocycles. The second kappa shape index (κ2) is 11.7. The molecular weight excluding hydrogens is 488 g/mol. The Morgan fingerprint density at radius 2 is 1.49 bits per heavy atom. The smallest absolute Gasteiger partial charge is 0.250 e. The van der Waals surface area contributed by atoms with Crippen LogP contribution in [0, 0.1) is 0 Å². The summed E-state index contributed by atoms with van der Waals surface area (Å²) in [6, 6.07) is 14.2. The molecule has 2 aliphatic rings. The molecule has 0 aromatic heterocycles. The van der Waals surface area contributed by atoms with E-state index in [0.717, 1.165) is 37.7 Å². The molecule has 0 radical (unpaired) electrons. The number of hydrogen-bond acceptors (Lipinski definition) is 7. The Labute approximate surface area is 210 Å². The van der Waals surface area contributed by atoms with Crippen LogP contribution in [0.25, 0.3) is 6.08 Å². The van der Waals surface area contributed by atoms with Gasteiger partial charge in [-0.15, -0.1) is 0 Å². The summed E-state index contributed by atoms with van der Waals surface area (Å²) in [4.78, 5) is 14.7. The Morgan fingerprint density at radius 3 is 2.11 bits per heavy atom. The van der Waals surface area contributed by atoms with Crippen molar-refractivity contribution in [3.8, 4) is 0 Å². The summed E-state index contributed by atoms with van der Waals surface area (Å²) in [6.07, 6.45) is 2.95. The Hall–Kier alpha value is -2.83. The van der Waals surface area contributed by atoms with Crippen molar-refractivity contribution < 1.29 is 22.7 Å². The molecule has 0 spiro atoms. The van der Waals surface area contributed by atoms with Gasteiger partial charge >= 0.3 is 0 Å². The van der Waals surface area contributed by atoms with E-state index in [1.807, 2.05) is 24.3 Å². The first-order valence-corrected chi connectivity index (χ1v) is 13.2. The lowest BCUT2D eigenvalue weighted by atomic mass is 10.2. The zero-order valence-electron chi connectivity index (χ0n) is 19.2. The largest absolute Gasteiger partial charge is 0.379 e. The zero-order valence-corrected chi connectivity index (χ0v) is 20.8. The van der Waals surface area contributed by atoms with Gasteiger partial charge in [-0.2, -0.15) is 4.31 Å². The van der Waals surface area contributed by atoms with Gasteiger partial charge in [0.05, 0.1) is 31.3 Å². The number of amides is 1. The van der Waals surface area contributed by atoms with E-state index in [9.17, 15) is 13.2 Å². The summed E-state index contributed by atoms with van der Waals surface area (Å²) < 4.78 is 37.4. The van der Waals surface area contributed by atoms with Gasteiger partial charge in [-0.05, 0) is 60.3 Å². The van der Waals surface area contributed by atoms with Crippen LogP contribution in [0.15, 0.2) is 59.5 Å². The molecule has 2 N–H and O–H groups in total. The molecule has 2 aromatic carbocycles. The Balaban J connectivity index is 1.27. The van der Waals surface area contributed by atoms with E-state index in [-0.39, 0.29) is 10.0 Å². The van der Waals surface area contributed by atoms with E-state index in [4.69, 9.17) is 21.7 Å². The van der Waals surface area contributed by atoms with Crippen LogP contribution in [-0.4, -0.2) is 76.3 Å². The maximum atomic E-state index is 12.7. The number of nitrogens with one attached hydrogen (secondary N) is 2. The molecule has 186 valence electrons.